The molecule has 3 heterocycles. The van der Waals surface area contributed by atoms with E-state index in [9.17, 15) is 9.59 Å². The van der Waals surface area contributed by atoms with E-state index in [1.54, 1.807) is 12.0 Å². The Morgan fingerprint density at radius 2 is 1.93 bits per heavy atom. The summed E-state index contributed by atoms with van der Waals surface area (Å²) in [5.41, 5.74) is 0.673. The van der Waals surface area contributed by atoms with E-state index in [1.807, 2.05) is 43.0 Å². The zero-order valence-electron chi connectivity index (χ0n) is 16.1. The maximum atomic E-state index is 12.9. The van der Waals surface area contributed by atoms with Gasteiger partial charge in [-0.25, -0.2) is 0 Å². The van der Waals surface area contributed by atoms with Crippen LogP contribution in [0.25, 0.3) is 0 Å². The molecule has 0 radical (unpaired) electrons. The first-order valence-corrected chi connectivity index (χ1v) is 9.32. The van der Waals surface area contributed by atoms with E-state index in [0.29, 0.717) is 38.6 Å². The van der Waals surface area contributed by atoms with Crippen molar-refractivity contribution in [3.8, 4) is 5.75 Å². The topological polar surface area (TPSA) is 68.3 Å². The van der Waals surface area contributed by atoms with Crippen molar-refractivity contribution in [3.63, 3.8) is 0 Å². The van der Waals surface area contributed by atoms with Gasteiger partial charge in [0.1, 0.15) is 5.75 Å². The lowest BCUT2D eigenvalue weighted by Gasteiger charge is -2.54. The number of hydrogen-bond donors (Lipinski definition) is 0. The number of hydrogen-bond acceptors (Lipinski definition) is 5. The summed E-state index contributed by atoms with van der Waals surface area (Å²) in [5.74, 6) is -0.139. The average Bonchev–Trinajstić information content (AvgIpc) is 3.01. The molecule has 2 amide bonds. The molecule has 1 aromatic carbocycles. The van der Waals surface area contributed by atoms with Crippen LogP contribution in [0.4, 0.5) is 5.69 Å². The molecule has 1 unspecified atom stereocenters. The van der Waals surface area contributed by atoms with Crippen molar-refractivity contribution in [2.45, 2.75) is 26.1 Å². The highest BCUT2D eigenvalue weighted by Gasteiger charge is 2.51. The van der Waals surface area contributed by atoms with Gasteiger partial charge in [0, 0.05) is 37.8 Å². The Balaban J connectivity index is 1.36. The summed E-state index contributed by atoms with van der Waals surface area (Å²) in [4.78, 5) is 28.8. The monoisotopic (exact) mass is 374 g/mol. The van der Waals surface area contributed by atoms with Crippen LogP contribution in [0, 0.1) is 11.3 Å². The van der Waals surface area contributed by atoms with Crippen molar-refractivity contribution in [3.05, 3.63) is 24.3 Å². The molecule has 0 bridgehead atoms. The van der Waals surface area contributed by atoms with Gasteiger partial charge in [0.2, 0.25) is 11.8 Å². The molecule has 1 spiro atoms. The van der Waals surface area contributed by atoms with Crippen LogP contribution in [0.1, 0.15) is 20.3 Å². The number of rotatable bonds is 3. The third-order valence-electron chi connectivity index (χ3n) is 5.66. The first-order valence-electron chi connectivity index (χ1n) is 9.32. The summed E-state index contributed by atoms with van der Waals surface area (Å²) in [6, 6.07) is 7.37. The number of amides is 2. The summed E-state index contributed by atoms with van der Waals surface area (Å²) < 4.78 is 16.7. The summed E-state index contributed by atoms with van der Waals surface area (Å²) in [5, 5.41) is 0. The van der Waals surface area contributed by atoms with E-state index in [2.05, 4.69) is 0 Å². The van der Waals surface area contributed by atoms with E-state index < -0.39 is 5.79 Å². The predicted octanol–water partition coefficient (Wildman–Crippen LogP) is 1.66. The summed E-state index contributed by atoms with van der Waals surface area (Å²) in [6.45, 7) is 6.68. The Morgan fingerprint density at radius 1 is 1.22 bits per heavy atom. The van der Waals surface area contributed by atoms with Gasteiger partial charge in [-0.1, -0.05) is 6.07 Å². The second-order valence-corrected chi connectivity index (χ2v) is 8.28. The highest BCUT2D eigenvalue weighted by Crippen LogP contribution is 2.39. The minimum atomic E-state index is -0.551. The van der Waals surface area contributed by atoms with Crippen LogP contribution in [-0.4, -0.2) is 62.5 Å². The van der Waals surface area contributed by atoms with Crippen molar-refractivity contribution < 1.29 is 23.8 Å². The molecule has 146 valence electrons. The number of carbonyl (C=O) groups excluding carboxylic acids is 2. The first-order chi connectivity index (χ1) is 12.8. The molecule has 0 saturated carbocycles. The van der Waals surface area contributed by atoms with E-state index in [-0.39, 0.29) is 29.6 Å². The Bertz CT molecular complexity index is 744. The van der Waals surface area contributed by atoms with Crippen molar-refractivity contribution >= 4 is 17.5 Å². The van der Waals surface area contributed by atoms with Crippen LogP contribution in [0.15, 0.2) is 24.3 Å². The van der Waals surface area contributed by atoms with Crippen molar-refractivity contribution in [1.82, 2.24) is 4.90 Å². The molecule has 3 aliphatic heterocycles. The number of nitrogens with zero attached hydrogens (tertiary/aromatic N) is 2. The van der Waals surface area contributed by atoms with Gasteiger partial charge in [-0.3, -0.25) is 9.59 Å². The fourth-order valence-electron chi connectivity index (χ4n) is 4.00. The molecule has 3 saturated heterocycles. The summed E-state index contributed by atoms with van der Waals surface area (Å²) in [6.07, 6.45) is 0.250. The Morgan fingerprint density at radius 3 is 2.59 bits per heavy atom. The Hall–Kier alpha value is -2.12. The zero-order chi connectivity index (χ0) is 19.2. The van der Waals surface area contributed by atoms with Gasteiger partial charge < -0.3 is 24.0 Å². The molecule has 0 N–H and O–H groups in total. The quantitative estimate of drug-likeness (QED) is 0.805. The molecular weight excluding hydrogens is 348 g/mol. The molecule has 4 rings (SSSR count). The lowest BCUT2D eigenvalue weighted by Crippen LogP contribution is -2.66. The molecule has 1 atom stereocenters. The third kappa shape index (κ3) is 3.41. The highest BCUT2D eigenvalue weighted by molar-refractivity contribution is 6.00. The fraction of sp³-hybridized carbons (Fsp3) is 0.600. The van der Waals surface area contributed by atoms with Gasteiger partial charge >= 0.3 is 0 Å². The largest absolute Gasteiger partial charge is 0.497 e. The summed E-state index contributed by atoms with van der Waals surface area (Å²) in [7, 11) is 1.59. The molecule has 0 aliphatic carbocycles. The molecule has 0 aromatic heterocycles. The zero-order valence-corrected chi connectivity index (χ0v) is 16.1. The van der Waals surface area contributed by atoms with Gasteiger partial charge in [-0.05, 0) is 26.0 Å². The van der Waals surface area contributed by atoms with Crippen LogP contribution < -0.4 is 9.64 Å². The molecule has 1 aromatic rings. The highest BCUT2D eigenvalue weighted by atomic mass is 16.7. The molecule has 27 heavy (non-hydrogen) atoms. The van der Waals surface area contributed by atoms with Crippen LogP contribution in [0.2, 0.25) is 0 Å². The lowest BCUT2D eigenvalue weighted by molar-refractivity contribution is -0.303. The van der Waals surface area contributed by atoms with Crippen molar-refractivity contribution in [2.75, 3.05) is 44.9 Å². The summed E-state index contributed by atoms with van der Waals surface area (Å²) >= 11 is 0. The van der Waals surface area contributed by atoms with Gasteiger partial charge in [0.25, 0.3) is 0 Å². The van der Waals surface area contributed by atoms with Gasteiger partial charge in [-0.2, -0.15) is 0 Å². The van der Waals surface area contributed by atoms with Crippen LogP contribution >= 0.6 is 0 Å². The molecule has 7 nitrogen and oxygen atoms in total. The first kappa shape index (κ1) is 18.3. The molecule has 7 heteroatoms. The second kappa shape index (κ2) is 6.49. The van der Waals surface area contributed by atoms with E-state index in [4.69, 9.17) is 14.2 Å². The number of ether oxygens (including phenoxy) is 3. The maximum Gasteiger partial charge on any atom is 0.228 e. The molecule has 3 fully saturated rings. The Kier molecular flexibility index (Phi) is 4.39. The van der Waals surface area contributed by atoms with Crippen molar-refractivity contribution in [1.29, 1.82) is 0 Å². The number of likely N-dealkylation sites (tertiary alicyclic amines) is 1. The molecule has 3 aliphatic rings. The number of carbonyl (C=O) groups is 2. The van der Waals surface area contributed by atoms with E-state index in [0.717, 1.165) is 5.69 Å². The predicted molar refractivity (Wildman–Crippen MR) is 98.5 cm³/mol. The smallest absolute Gasteiger partial charge is 0.228 e. The third-order valence-corrected chi connectivity index (χ3v) is 5.66. The van der Waals surface area contributed by atoms with E-state index in [1.165, 1.54) is 0 Å². The Labute approximate surface area is 159 Å². The lowest BCUT2D eigenvalue weighted by atomic mass is 9.79. The van der Waals surface area contributed by atoms with Gasteiger partial charge in [0.05, 0.1) is 31.7 Å². The van der Waals surface area contributed by atoms with Gasteiger partial charge in [0.15, 0.2) is 5.79 Å². The number of anilines is 1. The van der Waals surface area contributed by atoms with Crippen LogP contribution in [-0.2, 0) is 19.1 Å². The van der Waals surface area contributed by atoms with E-state index >= 15 is 0 Å². The van der Waals surface area contributed by atoms with Crippen LogP contribution in [0.5, 0.6) is 5.75 Å². The minimum absolute atomic E-state index is 0.0251. The fourth-order valence-corrected chi connectivity index (χ4v) is 4.00. The minimum Gasteiger partial charge on any atom is -0.497 e. The standard InChI is InChI=1S/C20H26N2O5/c1-19(2)26-12-20(13-27-19)10-21(11-20)18(24)14-7-17(23)22(9-14)15-5-4-6-16(8-15)25-3/h4-6,8,14H,7,9-13H2,1-3H3. The van der Waals surface area contributed by atoms with Gasteiger partial charge in [-0.15, -0.1) is 0 Å². The number of benzene rings is 1. The maximum absolute atomic E-state index is 12.9. The molecular formula is C20H26N2O5. The normalized spacial score (nSPS) is 26.2. The average molecular weight is 374 g/mol. The SMILES string of the molecule is COc1cccc(N2CC(C(=O)N3CC4(COC(C)(C)OC4)C3)CC2=O)c1. The van der Waals surface area contributed by atoms with Crippen molar-refractivity contribution in [2.24, 2.45) is 11.3 Å². The van der Waals surface area contributed by atoms with Crippen LogP contribution in [0.3, 0.4) is 0 Å². The number of methoxy groups -OCH3 is 1. The second-order valence-electron chi connectivity index (χ2n) is 8.28.